The van der Waals surface area contributed by atoms with E-state index in [4.69, 9.17) is 18.9 Å². The lowest BCUT2D eigenvalue weighted by atomic mass is 9.96. The molecule has 1 aliphatic rings. The summed E-state index contributed by atoms with van der Waals surface area (Å²) in [6.07, 6.45) is -1.90. The number of hydrogen-bond donors (Lipinski definition) is 1. The van der Waals surface area contributed by atoms with Gasteiger partial charge < -0.3 is 24.1 Å². The number of methoxy groups -OCH3 is 2. The summed E-state index contributed by atoms with van der Waals surface area (Å²) in [6, 6.07) is 18.6. The maximum absolute atomic E-state index is 12.4. The molecule has 0 radical (unpaired) electrons. The minimum Gasteiger partial charge on any atom is -0.497 e. The molecule has 6 heteroatoms. The van der Waals surface area contributed by atoms with Gasteiger partial charge in [-0.15, -0.1) is 0 Å². The van der Waals surface area contributed by atoms with Crippen LogP contribution in [0.3, 0.4) is 0 Å². The van der Waals surface area contributed by atoms with Crippen LogP contribution >= 0.6 is 0 Å². The smallest absolute Gasteiger partial charge is 0.343 e. The van der Waals surface area contributed by atoms with Crippen molar-refractivity contribution in [1.29, 1.82) is 0 Å². The molecule has 0 amide bonds. The molecule has 2 atom stereocenters. The van der Waals surface area contributed by atoms with Crippen molar-refractivity contribution in [3.05, 3.63) is 88.5 Å². The quantitative estimate of drug-likeness (QED) is 0.566. The van der Waals surface area contributed by atoms with Crippen molar-refractivity contribution in [2.24, 2.45) is 0 Å². The summed E-state index contributed by atoms with van der Waals surface area (Å²) in [5.41, 5.74) is 3.73. The molecule has 0 saturated carbocycles. The second-order valence-corrected chi connectivity index (χ2v) is 7.41. The molecule has 0 aromatic heterocycles. The first-order valence-electron chi connectivity index (χ1n) is 9.93. The third-order valence-corrected chi connectivity index (χ3v) is 5.34. The van der Waals surface area contributed by atoms with Crippen molar-refractivity contribution in [2.45, 2.75) is 25.7 Å². The van der Waals surface area contributed by atoms with Crippen molar-refractivity contribution >= 4 is 5.97 Å². The van der Waals surface area contributed by atoms with Crippen LogP contribution in [0.25, 0.3) is 0 Å². The Labute approximate surface area is 181 Å². The van der Waals surface area contributed by atoms with Gasteiger partial charge >= 0.3 is 5.97 Å². The number of ether oxygens (including phenoxy) is 4. The Morgan fingerprint density at radius 2 is 1.68 bits per heavy atom. The molecule has 160 valence electrons. The zero-order valence-electron chi connectivity index (χ0n) is 17.6. The number of esters is 1. The molecule has 31 heavy (non-hydrogen) atoms. The zero-order valence-corrected chi connectivity index (χ0v) is 17.6. The van der Waals surface area contributed by atoms with Crippen LogP contribution in [-0.2, 0) is 11.3 Å². The average Bonchev–Trinajstić information content (AvgIpc) is 3.14. The number of carbonyl (C=O) groups is 1. The number of benzene rings is 3. The predicted octanol–water partition coefficient (Wildman–Crippen LogP) is 4.54. The van der Waals surface area contributed by atoms with E-state index in [9.17, 15) is 9.90 Å². The Kier molecular flexibility index (Phi) is 5.82. The van der Waals surface area contributed by atoms with E-state index in [-0.39, 0.29) is 0 Å². The van der Waals surface area contributed by atoms with Gasteiger partial charge in [0, 0.05) is 11.6 Å². The van der Waals surface area contributed by atoms with E-state index in [1.807, 2.05) is 31.2 Å². The van der Waals surface area contributed by atoms with Crippen LogP contribution in [0, 0.1) is 6.92 Å². The molecular weight excluding hydrogens is 396 g/mol. The van der Waals surface area contributed by atoms with Crippen LogP contribution in [-0.4, -0.2) is 25.3 Å². The molecule has 4 rings (SSSR count). The summed E-state index contributed by atoms with van der Waals surface area (Å²) in [6.45, 7) is 2.50. The Hall–Kier alpha value is -3.51. The normalized spacial score (nSPS) is 15.7. The third-order valence-electron chi connectivity index (χ3n) is 5.34. The number of rotatable bonds is 7. The van der Waals surface area contributed by atoms with Crippen LogP contribution in [0.5, 0.6) is 17.2 Å². The fourth-order valence-corrected chi connectivity index (χ4v) is 3.59. The van der Waals surface area contributed by atoms with E-state index >= 15 is 0 Å². The number of aliphatic hydroxyl groups is 1. The van der Waals surface area contributed by atoms with Crippen LogP contribution < -0.4 is 14.2 Å². The van der Waals surface area contributed by atoms with Crippen molar-refractivity contribution in [2.75, 3.05) is 14.2 Å². The SMILES string of the molecule is COc1cc(OC)c2c(c1)C(C(O)c1ccc(OCc3ccc(C)cc3)cc1)OC2=O. The molecule has 0 aliphatic carbocycles. The predicted molar refractivity (Wildman–Crippen MR) is 115 cm³/mol. The molecule has 0 saturated heterocycles. The molecule has 6 nitrogen and oxygen atoms in total. The monoisotopic (exact) mass is 420 g/mol. The molecule has 1 aliphatic heterocycles. The van der Waals surface area contributed by atoms with Gasteiger partial charge in [0.05, 0.1) is 14.2 Å². The Bertz CT molecular complexity index is 1070. The lowest BCUT2D eigenvalue weighted by molar-refractivity contribution is -0.0103. The van der Waals surface area contributed by atoms with E-state index in [1.54, 1.807) is 36.4 Å². The van der Waals surface area contributed by atoms with Gasteiger partial charge in [0.2, 0.25) is 0 Å². The topological polar surface area (TPSA) is 74.2 Å². The Morgan fingerprint density at radius 3 is 2.32 bits per heavy atom. The molecule has 0 spiro atoms. The number of fused-ring (bicyclic) bond motifs is 1. The van der Waals surface area contributed by atoms with E-state index in [0.717, 1.165) is 5.56 Å². The van der Waals surface area contributed by atoms with Gasteiger partial charge in [0.1, 0.15) is 35.5 Å². The van der Waals surface area contributed by atoms with Crippen molar-refractivity contribution in [1.82, 2.24) is 0 Å². The summed E-state index contributed by atoms with van der Waals surface area (Å²) in [5.74, 6) is 1.03. The maximum Gasteiger partial charge on any atom is 0.343 e. The fourth-order valence-electron chi connectivity index (χ4n) is 3.59. The first-order valence-corrected chi connectivity index (χ1v) is 9.93. The zero-order chi connectivity index (χ0) is 22.0. The van der Waals surface area contributed by atoms with Gasteiger partial charge in [0.15, 0.2) is 6.10 Å². The minimum absolute atomic E-state index is 0.311. The first-order chi connectivity index (χ1) is 15.0. The molecule has 0 bridgehead atoms. The van der Waals surface area contributed by atoms with Gasteiger partial charge in [-0.2, -0.15) is 0 Å². The van der Waals surface area contributed by atoms with Gasteiger partial charge in [-0.3, -0.25) is 0 Å². The molecular formula is C25H24O6. The summed E-state index contributed by atoms with van der Waals surface area (Å²) in [5, 5.41) is 10.9. The van der Waals surface area contributed by atoms with E-state index in [0.29, 0.717) is 40.5 Å². The molecule has 2 unspecified atom stereocenters. The van der Waals surface area contributed by atoms with Gasteiger partial charge in [-0.25, -0.2) is 4.79 Å². The van der Waals surface area contributed by atoms with E-state index < -0.39 is 18.2 Å². The largest absolute Gasteiger partial charge is 0.497 e. The molecule has 3 aromatic carbocycles. The Morgan fingerprint density at radius 1 is 0.968 bits per heavy atom. The number of cyclic esters (lactones) is 1. The van der Waals surface area contributed by atoms with Crippen molar-refractivity contribution in [3.63, 3.8) is 0 Å². The van der Waals surface area contributed by atoms with Gasteiger partial charge in [-0.1, -0.05) is 42.0 Å². The number of aliphatic hydroxyl groups excluding tert-OH is 1. The fraction of sp³-hybridized carbons (Fsp3) is 0.240. The summed E-state index contributed by atoms with van der Waals surface area (Å²) < 4.78 is 21.9. The second-order valence-electron chi connectivity index (χ2n) is 7.41. The lowest BCUT2D eigenvalue weighted by Gasteiger charge is -2.19. The van der Waals surface area contributed by atoms with Crippen molar-refractivity contribution in [3.8, 4) is 17.2 Å². The average molecular weight is 420 g/mol. The molecule has 3 aromatic rings. The summed E-state index contributed by atoms with van der Waals surface area (Å²) >= 11 is 0. The highest BCUT2D eigenvalue weighted by atomic mass is 16.6. The van der Waals surface area contributed by atoms with Crippen LogP contribution in [0.2, 0.25) is 0 Å². The van der Waals surface area contributed by atoms with Gasteiger partial charge in [0.25, 0.3) is 0 Å². The van der Waals surface area contributed by atoms with Crippen molar-refractivity contribution < 1.29 is 28.8 Å². The lowest BCUT2D eigenvalue weighted by Crippen LogP contribution is -2.11. The Balaban J connectivity index is 1.51. The third kappa shape index (κ3) is 4.20. The molecule has 1 heterocycles. The van der Waals surface area contributed by atoms with Crippen LogP contribution in [0.1, 0.15) is 44.8 Å². The minimum atomic E-state index is -1.05. The van der Waals surface area contributed by atoms with E-state index in [1.165, 1.54) is 19.8 Å². The van der Waals surface area contributed by atoms with Crippen LogP contribution in [0.15, 0.2) is 60.7 Å². The maximum atomic E-state index is 12.4. The summed E-state index contributed by atoms with van der Waals surface area (Å²) in [4.78, 5) is 12.4. The number of aryl methyl sites for hydroxylation is 1. The summed E-state index contributed by atoms with van der Waals surface area (Å²) in [7, 11) is 3.00. The van der Waals surface area contributed by atoms with E-state index in [2.05, 4.69) is 0 Å². The molecule has 0 fully saturated rings. The standard InChI is InChI=1S/C25H24O6/c1-15-4-6-16(7-5-15)14-30-18-10-8-17(9-11-18)23(26)24-20-12-19(28-2)13-21(29-3)22(20)25(27)31-24/h4-13,23-24,26H,14H2,1-3H3. The highest BCUT2D eigenvalue weighted by Gasteiger charge is 2.39. The highest BCUT2D eigenvalue weighted by molar-refractivity contribution is 5.97. The van der Waals surface area contributed by atoms with Crippen LogP contribution in [0.4, 0.5) is 0 Å². The van der Waals surface area contributed by atoms with Gasteiger partial charge in [-0.05, 0) is 36.2 Å². The first kappa shape index (κ1) is 20.8. The number of hydrogen-bond acceptors (Lipinski definition) is 6. The highest BCUT2D eigenvalue weighted by Crippen LogP contribution is 2.45. The second kappa shape index (κ2) is 8.70. The molecule has 1 N–H and O–H groups in total. The number of carbonyl (C=O) groups excluding carboxylic acids is 1.